The van der Waals surface area contributed by atoms with Crippen LogP contribution < -0.4 is 0 Å². The molecule has 0 heterocycles. The molecule has 0 aromatic heterocycles. The first-order valence-electron chi connectivity index (χ1n) is 5.94. The van der Waals surface area contributed by atoms with Crippen LogP contribution in [0.15, 0.2) is 24.3 Å². The highest BCUT2D eigenvalue weighted by Gasteiger charge is 2.28. The Balaban J connectivity index is 2.59. The van der Waals surface area contributed by atoms with Crippen LogP contribution in [0, 0.1) is 5.41 Å². The van der Waals surface area contributed by atoms with Crippen molar-refractivity contribution in [1.29, 1.82) is 0 Å². The molecular weight excluding hydrogens is 184 g/mol. The number of carbonyl (C=O) groups is 1. The van der Waals surface area contributed by atoms with Gasteiger partial charge in [-0.25, -0.2) is 0 Å². The number of allylic oxidation sites excluding steroid dienone is 3. The van der Waals surface area contributed by atoms with Crippen LogP contribution in [0.1, 0.15) is 52.4 Å². The van der Waals surface area contributed by atoms with Gasteiger partial charge in [0.05, 0.1) is 0 Å². The molecule has 1 atom stereocenters. The van der Waals surface area contributed by atoms with Crippen LogP contribution >= 0.6 is 0 Å². The molecule has 1 aliphatic carbocycles. The lowest BCUT2D eigenvalue weighted by Gasteiger charge is -2.32. The van der Waals surface area contributed by atoms with Crippen molar-refractivity contribution in [3.05, 3.63) is 24.3 Å². The van der Waals surface area contributed by atoms with Gasteiger partial charge in [-0.05, 0) is 36.7 Å². The molecule has 0 aromatic rings. The summed E-state index contributed by atoms with van der Waals surface area (Å²) in [6.45, 7) is 8.16. The van der Waals surface area contributed by atoms with Crippen molar-refractivity contribution >= 4 is 5.78 Å². The van der Waals surface area contributed by atoms with E-state index >= 15 is 0 Å². The lowest BCUT2D eigenvalue weighted by atomic mass is 9.73. The summed E-state index contributed by atoms with van der Waals surface area (Å²) in [5, 5.41) is 0. The van der Waals surface area contributed by atoms with E-state index in [2.05, 4.69) is 26.5 Å². The van der Waals surface area contributed by atoms with Gasteiger partial charge in [0.15, 0.2) is 5.78 Å². The van der Waals surface area contributed by atoms with Crippen molar-refractivity contribution < 1.29 is 4.79 Å². The maximum absolute atomic E-state index is 11.8. The molecule has 0 radical (unpaired) electrons. The minimum absolute atomic E-state index is 0.328. The van der Waals surface area contributed by atoms with E-state index in [0.29, 0.717) is 17.6 Å². The van der Waals surface area contributed by atoms with Crippen molar-refractivity contribution in [2.24, 2.45) is 5.41 Å². The molecule has 0 aliphatic heterocycles. The van der Waals surface area contributed by atoms with Crippen LogP contribution in [0.25, 0.3) is 0 Å². The Morgan fingerprint density at radius 3 is 3.00 bits per heavy atom. The molecule has 1 nitrogen and oxygen atoms in total. The molecule has 15 heavy (non-hydrogen) atoms. The number of carbonyl (C=O) groups excluding carboxylic acids is 1. The molecule has 1 rings (SSSR count). The van der Waals surface area contributed by atoms with E-state index in [-0.39, 0.29) is 0 Å². The molecule has 0 N–H and O–H groups in total. The maximum Gasteiger partial charge on any atom is 0.158 e. The average molecular weight is 206 g/mol. The standard InChI is InChI=1S/C14H22O/c1-4-6-9-13(15)12-8-7-10-14(3,5-2)11-12/h4,8H,1,5-7,9-11H2,2-3H3/t14-/m1/s1. The minimum Gasteiger partial charge on any atom is -0.295 e. The summed E-state index contributed by atoms with van der Waals surface area (Å²) in [4.78, 5) is 11.8. The summed E-state index contributed by atoms with van der Waals surface area (Å²) in [7, 11) is 0. The second-order valence-electron chi connectivity index (χ2n) is 4.86. The predicted molar refractivity (Wildman–Crippen MR) is 64.8 cm³/mol. The normalized spacial score (nSPS) is 25.9. The number of rotatable bonds is 5. The molecule has 0 saturated heterocycles. The van der Waals surface area contributed by atoms with E-state index in [1.807, 2.05) is 6.08 Å². The summed E-state index contributed by atoms with van der Waals surface area (Å²) in [5.41, 5.74) is 1.42. The molecule has 1 heteroatoms. The zero-order valence-electron chi connectivity index (χ0n) is 10.0. The fraction of sp³-hybridized carbons (Fsp3) is 0.643. The second-order valence-corrected chi connectivity index (χ2v) is 4.86. The van der Waals surface area contributed by atoms with E-state index in [4.69, 9.17) is 0 Å². The predicted octanol–water partition coefficient (Wildman–Crippen LogP) is 4.05. The lowest BCUT2D eigenvalue weighted by Crippen LogP contribution is -2.22. The van der Waals surface area contributed by atoms with Gasteiger partial charge in [-0.3, -0.25) is 4.79 Å². The Hall–Kier alpha value is -0.850. The Kier molecular flexibility index (Phi) is 4.31. The van der Waals surface area contributed by atoms with Crippen molar-refractivity contribution in [3.63, 3.8) is 0 Å². The molecule has 0 fully saturated rings. The molecular formula is C14H22O. The van der Waals surface area contributed by atoms with Crippen LogP contribution in [-0.4, -0.2) is 5.78 Å². The third-order valence-electron chi connectivity index (χ3n) is 3.54. The van der Waals surface area contributed by atoms with Crippen molar-refractivity contribution in [1.82, 2.24) is 0 Å². The molecule has 0 unspecified atom stereocenters. The zero-order valence-corrected chi connectivity index (χ0v) is 10.0. The Morgan fingerprint density at radius 1 is 1.67 bits per heavy atom. The highest BCUT2D eigenvalue weighted by Crippen LogP contribution is 2.39. The molecule has 0 amide bonds. The molecule has 0 saturated carbocycles. The maximum atomic E-state index is 11.8. The number of Topliss-reactive ketones (excluding diaryl/α,β-unsaturated/α-hetero) is 1. The fourth-order valence-electron chi connectivity index (χ4n) is 2.12. The number of hydrogen-bond donors (Lipinski definition) is 0. The summed E-state index contributed by atoms with van der Waals surface area (Å²) in [6, 6.07) is 0. The summed E-state index contributed by atoms with van der Waals surface area (Å²) in [5.74, 6) is 0.328. The Morgan fingerprint density at radius 2 is 2.40 bits per heavy atom. The van der Waals surface area contributed by atoms with E-state index in [1.54, 1.807) is 0 Å². The summed E-state index contributed by atoms with van der Waals surface area (Å²) < 4.78 is 0. The van der Waals surface area contributed by atoms with Crippen LogP contribution in [0.3, 0.4) is 0 Å². The molecule has 0 spiro atoms. The van der Waals surface area contributed by atoms with Gasteiger partial charge >= 0.3 is 0 Å². The zero-order chi connectivity index (χ0) is 11.3. The Labute approximate surface area is 93.3 Å². The molecule has 84 valence electrons. The molecule has 1 aliphatic rings. The third kappa shape index (κ3) is 3.33. The van der Waals surface area contributed by atoms with Gasteiger partial charge in [0.25, 0.3) is 0 Å². The van der Waals surface area contributed by atoms with Gasteiger partial charge in [0, 0.05) is 6.42 Å². The largest absolute Gasteiger partial charge is 0.295 e. The van der Waals surface area contributed by atoms with E-state index in [0.717, 1.165) is 24.8 Å². The minimum atomic E-state index is 0.328. The highest BCUT2D eigenvalue weighted by molar-refractivity contribution is 5.95. The van der Waals surface area contributed by atoms with E-state index < -0.39 is 0 Å². The molecule has 0 bridgehead atoms. The highest BCUT2D eigenvalue weighted by atomic mass is 16.1. The smallest absolute Gasteiger partial charge is 0.158 e. The SMILES string of the molecule is C=CCCC(=O)C1=CCC[C@@](C)(CC)C1. The van der Waals surface area contributed by atoms with Gasteiger partial charge in [-0.1, -0.05) is 32.4 Å². The average Bonchev–Trinajstić information content (AvgIpc) is 2.26. The number of hydrogen-bond acceptors (Lipinski definition) is 1. The lowest BCUT2D eigenvalue weighted by molar-refractivity contribution is -0.116. The van der Waals surface area contributed by atoms with Crippen molar-refractivity contribution in [3.8, 4) is 0 Å². The van der Waals surface area contributed by atoms with E-state index in [9.17, 15) is 4.79 Å². The van der Waals surface area contributed by atoms with Crippen molar-refractivity contribution in [2.75, 3.05) is 0 Å². The van der Waals surface area contributed by atoms with E-state index in [1.165, 1.54) is 12.8 Å². The van der Waals surface area contributed by atoms with Crippen LogP contribution in [0.5, 0.6) is 0 Å². The topological polar surface area (TPSA) is 17.1 Å². The van der Waals surface area contributed by atoms with Crippen LogP contribution in [0.4, 0.5) is 0 Å². The third-order valence-corrected chi connectivity index (χ3v) is 3.54. The van der Waals surface area contributed by atoms with Gasteiger partial charge in [-0.15, -0.1) is 6.58 Å². The molecule has 0 aromatic carbocycles. The van der Waals surface area contributed by atoms with Gasteiger partial charge in [0.1, 0.15) is 0 Å². The fourth-order valence-corrected chi connectivity index (χ4v) is 2.12. The van der Waals surface area contributed by atoms with Gasteiger partial charge in [-0.2, -0.15) is 0 Å². The second kappa shape index (κ2) is 5.29. The van der Waals surface area contributed by atoms with Crippen molar-refractivity contribution in [2.45, 2.75) is 52.4 Å². The first-order chi connectivity index (χ1) is 7.11. The monoisotopic (exact) mass is 206 g/mol. The van der Waals surface area contributed by atoms with Gasteiger partial charge < -0.3 is 0 Å². The van der Waals surface area contributed by atoms with Gasteiger partial charge in [0.2, 0.25) is 0 Å². The van der Waals surface area contributed by atoms with Crippen LogP contribution in [-0.2, 0) is 4.79 Å². The number of ketones is 1. The Bertz CT molecular complexity index is 275. The first kappa shape index (κ1) is 12.2. The quantitative estimate of drug-likeness (QED) is 0.620. The van der Waals surface area contributed by atoms with Crippen LogP contribution in [0.2, 0.25) is 0 Å². The summed E-state index contributed by atoms with van der Waals surface area (Å²) >= 11 is 0. The summed E-state index contributed by atoms with van der Waals surface area (Å²) in [6.07, 6.45) is 9.83. The first-order valence-corrected chi connectivity index (χ1v) is 5.94.